The molecule has 0 aliphatic carbocycles. The molecule has 3 rings (SSSR count). The van der Waals surface area contributed by atoms with Crippen LogP contribution in [0.15, 0.2) is 36.9 Å². The molecule has 2 aromatic rings. The minimum atomic E-state index is -0.604. The van der Waals surface area contributed by atoms with E-state index in [2.05, 4.69) is 25.2 Å². The highest BCUT2D eigenvalue weighted by Gasteiger charge is 2.22. The maximum Gasteiger partial charge on any atom is 0.254 e. The molecular formula is C16H18FN5O. The molecule has 0 aromatic carbocycles. The molecule has 23 heavy (non-hydrogen) atoms. The summed E-state index contributed by atoms with van der Waals surface area (Å²) in [6.07, 6.45) is 7.93. The van der Waals surface area contributed by atoms with Crippen molar-refractivity contribution in [3.05, 3.63) is 48.3 Å². The highest BCUT2D eigenvalue weighted by atomic mass is 19.1. The third-order valence-corrected chi connectivity index (χ3v) is 3.92. The molecule has 0 unspecified atom stereocenters. The molecular weight excluding hydrogens is 297 g/mol. The topological polar surface area (TPSA) is 71.0 Å². The van der Waals surface area contributed by atoms with Gasteiger partial charge in [0.15, 0.2) is 5.82 Å². The number of rotatable bonds is 4. The maximum absolute atomic E-state index is 13.5. The summed E-state index contributed by atoms with van der Waals surface area (Å²) >= 11 is 0. The zero-order valence-corrected chi connectivity index (χ0v) is 12.7. The number of halogens is 1. The molecule has 0 bridgehead atoms. The first-order valence-corrected chi connectivity index (χ1v) is 7.63. The Bertz CT molecular complexity index is 667. The predicted molar refractivity (Wildman–Crippen MR) is 83.5 cm³/mol. The van der Waals surface area contributed by atoms with Crippen molar-refractivity contribution < 1.29 is 9.18 Å². The summed E-state index contributed by atoms with van der Waals surface area (Å²) in [5.41, 5.74) is 0.0269. The fourth-order valence-electron chi connectivity index (χ4n) is 2.76. The minimum Gasteiger partial charge on any atom is -0.352 e. The van der Waals surface area contributed by atoms with Crippen LogP contribution in [0.2, 0.25) is 0 Å². The number of carbonyl (C=O) groups is 1. The molecule has 1 amide bonds. The van der Waals surface area contributed by atoms with Crippen LogP contribution in [0.3, 0.4) is 0 Å². The van der Waals surface area contributed by atoms with Crippen LogP contribution in [0.4, 0.5) is 10.3 Å². The number of nitrogens with zero attached hydrogens (tertiary/aromatic N) is 4. The number of nitrogens with one attached hydrogen (secondary N) is 1. The van der Waals surface area contributed by atoms with Crippen LogP contribution in [0.25, 0.3) is 0 Å². The van der Waals surface area contributed by atoms with E-state index in [9.17, 15) is 9.18 Å². The number of pyridine rings is 1. The Kier molecular flexibility index (Phi) is 4.75. The molecule has 1 aliphatic heterocycles. The van der Waals surface area contributed by atoms with Gasteiger partial charge < -0.3 is 10.2 Å². The number of hydrogen-bond donors (Lipinski definition) is 1. The lowest BCUT2D eigenvalue weighted by molar-refractivity contribution is 0.0941. The first-order valence-electron chi connectivity index (χ1n) is 7.63. The average Bonchev–Trinajstić information content (AvgIpc) is 2.61. The summed E-state index contributed by atoms with van der Waals surface area (Å²) < 4.78 is 13.5. The maximum atomic E-state index is 13.5. The van der Waals surface area contributed by atoms with E-state index in [1.165, 1.54) is 12.3 Å². The van der Waals surface area contributed by atoms with Crippen LogP contribution in [-0.2, 0) is 0 Å². The van der Waals surface area contributed by atoms with Crippen LogP contribution < -0.4 is 10.2 Å². The monoisotopic (exact) mass is 315 g/mol. The molecule has 0 saturated carbocycles. The van der Waals surface area contributed by atoms with Gasteiger partial charge in [0.05, 0.1) is 11.8 Å². The van der Waals surface area contributed by atoms with Crippen molar-refractivity contribution in [2.75, 3.05) is 24.5 Å². The second-order valence-corrected chi connectivity index (χ2v) is 5.57. The van der Waals surface area contributed by atoms with Crippen molar-refractivity contribution in [3.63, 3.8) is 0 Å². The number of hydrogen-bond acceptors (Lipinski definition) is 5. The van der Waals surface area contributed by atoms with Crippen molar-refractivity contribution in [3.8, 4) is 0 Å². The van der Waals surface area contributed by atoms with E-state index in [0.29, 0.717) is 18.4 Å². The summed E-state index contributed by atoms with van der Waals surface area (Å²) in [4.78, 5) is 26.3. The highest BCUT2D eigenvalue weighted by molar-refractivity contribution is 5.94. The quantitative estimate of drug-likeness (QED) is 0.929. The van der Waals surface area contributed by atoms with E-state index in [0.717, 1.165) is 32.1 Å². The van der Waals surface area contributed by atoms with Gasteiger partial charge in [0.2, 0.25) is 5.95 Å². The van der Waals surface area contributed by atoms with E-state index in [1.54, 1.807) is 18.5 Å². The van der Waals surface area contributed by atoms with Gasteiger partial charge in [-0.15, -0.1) is 0 Å². The van der Waals surface area contributed by atoms with E-state index in [-0.39, 0.29) is 5.56 Å². The Morgan fingerprint density at radius 3 is 2.96 bits per heavy atom. The molecule has 3 heterocycles. The largest absolute Gasteiger partial charge is 0.352 e. The van der Waals surface area contributed by atoms with Gasteiger partial charge in [0.25, 0.3) is 5.91 Å². The number of amides is 1. The fourth-order valence-corrected chi connectivity index (χ4v) is 2.76. The SMILES string of the molecule is O=C(NC[C@@H]1CCCN(c2ncccn2)C1)c1ccncc1F. The van der Waals surface area contributed by atoms with E-state index < -0.39 is 11.7 Å². The van der Waals surface area contributed by atoms with Gasteiger partial charge in [-0.3, -0.25) is 9.78 Å². The Labute approximate surface area is 133 Å². The Balaban J connectivity index is 1.56. The summed E-state index contributed by atoms with van der Waals surface area (Å²) in [7, 11) is 0. The molecule has 6 nitrogen and oxygen atoms in total. The fraction of sp³-hybridized carbons (Fsp3) is 0.375. The molecule has 2 aromatic heterocycles. The molecule has 1 aliphatic rings. The summed E-state index contributed by atoms with van der Waals surface area (Å²) in [6, 6.07) is 3.17. The number of aromatic nitrogens is 3. The van der Waals surface area contributed by atoms with Gasteiger partial charge in [-0.05, 0) is 30.9 Å². The van der Waals surface area contributed by atoms with Gasteiger partial charge >= 0.3 is 0 Å². The zero-order chi connectivity index (χ0) is 16.1. The van der Waals surface area contributed by atoms with E-state index in [4.69, 9.17) is 0 Å². The van der Waals surface area contributed by atoms with Gasteiger partial charge in [0.1, 0.15) is 0 Å². The van der Waals surface area contributed by atoms with Gasteiger partial charge in [0, 0.05) is 38.2 Å². The minimum absolute atomic E-state index is 0.0269. The molecule has 1 N–H and O–H groups in total. The van der Waals surface area contributed by atoms with Crippen LogP contribution in [0, 0.1) is 11.7 Å². The molecule has 0 radical (unpaired) electrons. The zero-order valence-electron chi connectivity index (χ0n) is 12.7. The summed E-state index contributed by atoms with van der Waals surface area (Å²) in [5, 5.41) is 2.81. The number of carbonyl (C=O) groups excluding carboxylic acids is 1. The summed E-state index contributed by atoms with van der Waals surface area (Å²) in [6.45, 7) is 2.19. The van der Waals surface area contributed by atoms with Gasteiger partial charge in [-0.2, -0.15) is 0 Å². The Morgan fingerprint density at radius 1 is 1.35 bits per heavy atom. The van der Waals surface area contributed by atoms with Crippen molar-refractivity contribution in [1.29, 1.82) is 0 Å². The van der Waals surface area contributed by atoms with Crippen LogP contribution in [0.1, 0.15) is 23.2 Å². The van der Waals surface area contributed by atoms with Crippen LogP contribution in [-0.4, -0.2) is 40.5 Å². The van der Waals surface area contributed by atoms with Gasteiger partial charge in [-0.1, -0.05) is 0 Å². The molecule has 1 saturated heterocycles. The van der Waals surface area contributed by atoms with Crippen molar-refractivity contribution in [1.82, 2.24) is 20.3 Å². The third kappa shape index (κ3) is 3.80. The van der Waals surface area contributed by atoms with E-state index >= 15 is 0 Å². The molecule has 1 atom stereocenters. The van der Waals surface area contributed by atoms with Crippen molar-refractivity contribution in [2.45, 2.75) is 12.8 Å². The lowest BCUT2D eigenvalue weighted by atomic mass is 9.98. The lowest BCUT2D eigenvalue weighted by Gasteiger charge is -2.32. The second-order valence-electron chi connectivity index (χ2n) is 5.57. The number of anilines is 1. The van der Waals surface area contributed by atoms with Gasteiger partial charge in [-0.25, -0.2) is 14.4 Å². The molecule has 7 heteroatoms. The molecule has 0 spiro atoms. The predicted octanol–water partition coefficient (Wildman–Crippen LogP) is 1.66. The van der Waals surface area contributed by atoms with Crippen LogP contribution >= 0.6 is 0 Å². The molecule has 120 valence electrons. The smallest absolute Gasteiger partial charge is 0.254 e. The van der Waals surface area contributed by atoms with Crippen LogP contribution in [0.5, 0.6) is 0 Å². The Hall–Kier alpha value is -2.57. The first kappa shape index (κ1) is 15.3. The van der Waals surface area contributed by atoms with E-state index in [1.807, 2.05) is 0 Å². The lowest BCUT2D eigenvalue weighted by Crippen LogP contribution is -2.41. The highest BCUT2D eigenvalue weighted by Crippen LogP contribution is 2.19. The third-order valence-electron chi connectivity index (χ3n) is 3.92. The normalized spacial score (nSPS) is 17.8. The van der Waals surface area contributed by atoms with Crippen molar-refractivity contribution >= 4 is 11.9 Å². The first-order chi connectivity index (χ1) is 11.2. The molecule has 1 fully saturated rings. The van der Waals surface area contributed by atoms with Crippen molar-refractivity contribution in [2.24, 2.45) is 5.92 Å². The summed E-state index contributed by atoms with van der Waals surface area (Å²) in [5.74, 6) is -0.00366. The average molecular weight is 315 g/mol. The second kappa shape index (κ2) is 7.13. The number of piperidine rings is 1. The standard InChI is InChI=1S/C16H18FN5O/c17-14-10-18-7-4-13(14)15(23)21-9-12-3-1-8-22(11-12)16-19-5-2-6-20-16/h2,4-7,10,12H,1,3,8-9,11H2,(H,21,23)/t12-/m0/s1. The Morgan fingerprint density at radius 2 is 2.17 bits per heavy atom.